The second-order valence-electron chi connectivity index (χ2n) is 4.60. The standard InChI is InChI=1S/C17H10F2N2O/c1-2-12-13-5-6-21-16(13)8-15(19)17(12)22-11-3-4-14(18)10(7-11)9-20/h2-8,21H,1H2. The van der Waals surface area contributed by atoms with E-state index in [9.17, 15) is 8.78 Å². The molecule has 0 fully saturated rings. The molecule has 1 N–H and O–H groups in total. The van der Waals surface area contributed by atoms with E-state index in [2.05, 4.69) is 11.6 Å². The maximum Gasteiger partial charge on any atom is 0.170 e. The molecule has 3 aromatic rings. The second-order valence-corrected chi connectivity index (χ2v) is 4.60. The highest BCUT2D eigenvalue weighted by Gasteiger charge is 2.15. The van der Waals surface area contributed by atoms with E-state index in [4.69, 9.17) is 10.00 Å². The van der Waals surface area contributed by atoms with Crippen molar-refractivity contribution >= 4 is 17.0 Å². The lowest BCUT2D eigenvalue weighted by Crippen LogP contribution is -1.94. The topological polar surface area (TPSA) is 48.8 Å². The highest BCUT2D eigenvalue weighted by atomic mass is 19.1. The van der Waals surface area contributed by atoms with Gasteiger partial charge in [0.2, 0.25) is 0 Å². The Hall–Kier alpha value is -3.13. The summed E-state index contributed by atoms with van der Waals surface area (Å²) in [4.78, 5) is 2.92. The van der Waals surface area contributed by atoms with E-state index in [-0.39, 0.29) is 17.1 Å². The molecule has 0 atom stereocenters. The SMILES string of the molecule is C=Cc1c(Oc2ccc(F)c(C#N)c2)c(F)cc2[nH]ccc12. The molecule has 5 heteroatoms. The molecule has 0 spiro atoms. The third-order valence-corrected chi connectivity index (χ3v) is 3.28. The van der Waals surface area contributed by atoms with Gasteiger partial charge in [0.15, 0.2) is 11.6 Å². The fourth-order valence-electron chi connectivity index (χ4n) is 2.26. The van der Waals surface area contributed by atoms with Crippen LogP contribution in [0.1, 0.15) is 11.1 Å². The summed E-state index contributed by atoms with van der Waals surface area (Å²) in [6.07, 6.45) is 3.18. The van der Waals surface area contributed by atoms with Crippen LogP contribution in [0.15, 0.2) is 43.1 Å². The quantitative estimate of drug-likeness (QED) is 0.758. The number of nitriles is 1. The first kappa shape index (κ1) is 13.8. The van der Waals surface area contributed by atoms with Crippen LogP contribution in [0.25, 0.3) is 17.0 Å². The molecule has 1 heterocycles. The Bertz CT molecular complexity index is 922. The molecule has 0 radical (unpaired) electrons. The normalized spacial score (nSPS) is 10.4. The van der Waals surface area contributed by atoms with Gasteiger partial charge in [0.1, 0.15) is 17.6 Å². The van der Waals surface area contributed by atoms with Crippen molar-refractivity contribution in [2.75, 3.05) is 0 Å². The molecule has 108 valence electrons. The number of ether oxygens (including phenoxy) is 1. The summed E-state index contributed by atoms with van der Waals surface area (Å²) >= 11 is 0. The molecule has 0 unspecified atom stereocenters. The fourth-order valence-corrected chi connectivity index (χ4v) is 2.26. The molecule has 0 saturated heterocycles. The molecule has 0 aliphatic rings. The molecule has 3 nitrogen and oxygen atoms in total. The summed E-state index contributed by atoms with van der Waals surface area (Å²) in [7, 11) is 0. The van der Waals surface area contributed by atoms with Crippen molar-refractivity contribution in [2.45, 2.75) is 0 Å². The number of benzene rings is 2. The second kappa shape index (κ2) is 5.34. The Morgan fingerprint density at radius 1 is 1.18 bits per heavy atom. The predicted octanol–water partition coefficient (Wildman–Crippen LogP) is 4.75. The van der Waals surface area contributed by atoms with Crippen LogP contribution in [-0.4, -0.2) is 4.98 Å². The number of fused-ring (bicyclic) bond motifs is 1. The highest BCUT2D eigenvalue weighted by molar-refractivity contribution is 5.91. The zero-order chi connectivity index (χ0) is 15.7. The first-order chi connectivity index (χ1) is 10.6. The van der Waals surface area contributed by atoms with Crippen LogP contribution < -0.4 is 4.74 Å². The van der Waals surface area contributed by atoms with E-state index in [0.29, 0.717) is 11.1 Å². The molecule has 1 aromatic heterocycles. The summed E-state index contributed by atoms with van der Waals surface area (Å²) < 4.78 is 33.1. The summed E-state index contributed by atoms with van der Waals surface area (Å²) in [5.41, 5.74) is 0.941. The van der Waals surface area contributed by atoms with E-state index in [0.717, 1.165) is 11.5 Å². The Kier molecular flexibility index (Phi) is 3.36. The molecular weight excluding hydrogens is 286 g/mol. The number of rotatable bonds is 3. The maximum atomic E-state index is 14.3. The van der Waals surface area contributed by atoms with Gasteiger partial charge in [-0.05, 0) is 18.2 Å². The van der Waals surface area contributed by atoms with Crippen molar-refractivity contribution in [3.8, 4) is 17.6 Å². The first-order valence-corrected chi connectivity index (χ1v) is 6.43. The van der Waals surface area contributed by atoms with E-state index < -0.39 is 11.6 Å². The number of hydrogen-bond donors (Lipinski definition) is 1. The molecule has 3 rings (SSSR count). The van der Waals surface area contributed by atoms with Gasteiger partial charge in [0.25, 0.3) is 0 Å². The summed E-state index contributed by atoms with van der Waals surface area (Å²) in [6.45, 7) is 3.68. The molecule has 0 aliphatic heterocycles. The number of aromatic nitrogens is 1. The summed E-state index contributed by atoms with van der Waals surface area (Å²) in [5.74, 6) is -1.07. The Morgan fingerprint density at radius 2 is 2.00 bits per heavy atom. The van der Waals surface area contributed by atoms with Crippen molar-refractivity contribution in [1.29, 1.82) is 5.26 Å². The van der Waals surface area contributed by atoms with Gasteiger partial charge in [-0.2, -0.15) is 5.26 Å². The van der Waals surface area contributed by atoms with E-state index in [1.165, 1.54) is 24.3 Å². The minimum Gasteiger partial charge on any atom is -0.454 e. The average Bonchev–Trinajstić information content (AvgIpc) is 2.97. The Morgan fingerprint density at radius 3 is 2.73 bits per heavy atom. The van der Waals surface area contributed by atoms with Crippen LogP contribution >= 0.6 is 0 Å². The van der Waals surface area contributed by atoms with Gasteiger partial charge in [-0.1, -0.05) is 12.7 Å². The molecule has 0 saturated carbocycles. The minimum atomic E-state index is -0.652. The zero-order valence-corrected chi connectivity index (χ0v) is 11.4. The molecular formula is C17H10F2N2O. The zero-order valence-electron chi connectivity index (χ0n) is 11.4. The van der Waals surface area contributed by atoms with Gasteiger partial charge < -0.3 is 9.72 Å². The van der Waals surface area contributed by atoms with Crippen LogP contribution in [0.5, 0.6) is 11.5 Å². The van der Waals surface area contributed by atoms with Gasteiger partial charge in [-0.15, -0.1) is 0 Å². The fraction of sp³-hybridized carbons (Fsp3) is 0. The number of nitrogens with one attached hydrogen (secondary N) is 1. The largest absolute Gasteiger partial charge is 0.454 e. The number of H-pyrrole nitrogens is 1. The van der Waals surface area contributed by atoms with Crippen LogP contribution in [0.2, 0.25) is 0 Å². The van der Waals surface area contributed by atoms with Crippen LogP contribution in [0.4, 0.5) is 8.78 Å². The third kappa shape index (κ3) is 2.21. The predicted molar refractivity (Wildman–Crippen MR) is 79.5 cm³/mol. The Balaban J connectivity index is 2.13. The smallest absolute Gasteiger partial charge is 0.170 e. The van der Waals surface area contributed by atoms with Crippen LogP contribution in [-0.2, 0) is 0 Å². The van der Waals surface area contributed by atoms with E-state index in [1.54, 1.807) is 18.3 Å². The molecule has 0 amide bonds. The van der Waals surface area contributed by atoms with Crippen molar-refractivity contribution in [3.63, 3.8) is 0 Å². The van der Waals surface area contributed by atoms with Crippen LogP contribution in [0, 0.1) is 23.0 Å². The van der Waals surface area contributed by atoms with Crippen molar-refractivity contribution in [2.24, 2.45) is 0 Å². The summed E-state index contributed by atoms with van der Waals surface area (Å²) in [6, 6.07) is 8.48. The lowest BCUT2D eigenvalue weighted by atomic mass is 10.1. The van der Waals surface area contributed by atoms with Crippen molar-refractivity contribution in [1.82, 2.24) is 4.98 Å². The first-order valence-electron chi connectivity index (χ1n) is 6.43. The molecule has 0 bridgehead atoms. The van der Waals surface area contributed by atoms with Gasteiger partial charge in [-0.25, -0.2) is 8.78 Å². The van der Waals surface area contributed by atoms with Gasteiger partial charge in [0.05, 0.1) is 5.56 Å². The van der Waals surface area contributed by atoms with Gasteiger partial charge in [0, 0.05) is 34.8 Å². The molecule has 2 aromatic carbocycles. The Labute approximate surface area is 125 Å². The van der Waals surface area contributed by atoms with Gasteiger partial charge in [-0.3, -0.25) is 0 Å². The van der Waals surface area contributed by atoms with Gasteiger partial charge >= 0.3 is 0 Å². The van der Waals surface area contributed by atoms with E-state index in [1.807, 2.05) is 0 Å². The molecule has 0 aliphatic carbocycles. The number of aromatic amines is 1. The average molecular weight is 296 g/mol. The number of halogens is 2. The highest BCUT2D eigenvalue weighted by Crippen LogP contribution is 2.35. The molecule has 22 heavy (non-hydrogen) atoms. The van der Waals surface area contributed by atoms with E-state index >= 15 is 0 Å². The number of nitrogens with zero attached hydrogens (tertiary/aromatic N) is 1. The summed E-state index contributed by atoms with van der Waals surface area (Å²) in [5, 5.41) is 9.60. The minimum absolute atomic E-state index is 0.0161. The van der Waals surface area contributed by atoms with Crippen LogP contribution in [0.3, 0.4) is 0 Å². The monoisotopic (exact) mass is 296 g/mol. The third-order valence-electron chi connectivity index (χ3n) is 3.28. The lowest BCUT2D eigenvalue weighted by molar-refractivity contribution is 0.441. The van der Waals surface area contributed by atoms with Crippen molar-refractivity contribution in [3.05, 3.63) is 65.9 Å². The van der Waals surface area contributed by atoms with Crippen molar-refractivity contribution < 1.29 is 13.5 Å². The maximum absolute atomic E-state index is 14.3. The number of hydrogen-bond acceptors (Lipinski definition) is 2. The lowest BCUT2D eigenvalue weighted by Gasteiger charge is -2.11.